The Balaban J connectivity index is 1.80. The Morgan fingerprint density at radius 2 is 2.09 bits per heavy atom. The van der Waals surface area contributed by atoms with Crippen LogP contribution in [0.2, 0.25) is 0 Å². The van der Waals surface area contributed by atoms with E-state index in [-0.39, 0.29) is 0 Å². The third-order valence-corrected chi connectivity index (χ3v) is 3.75. The van der Waals surface area contributed by atoms with Crippen molar-refractivity contribution in [2.45, 2.75) is 12.8 Å². The number of aliphatic imine (C=N–C) groups is 1. The van der Waals surface area contributed by atoms with Crippen molar-refractivity contribution in [3.8, 4) is 0 Å². The molecule has 122 valence electrons. The van der Waals surface area contributed by atoms with Gasteiger partial charge in [0.1, 0.15) is 11.6 Å². The first kappa shape index (κ1) is 16.7. The van der Waals surface area contributed by atoms with Crippen LogP contribution >= 0.6 is 0 Å². The van der Waals surface area contributed by atoms with Crippen LogP contribution in [0, 0.1) is 17.6 Å². The maximum Gasteiger partial charge on any atom is 0.193 e. The lowest BCUT2D eigenvalue weighted by Gasteiger charge is -2.24. The number of rotatable bonds is 5. The van der Waals surface area contributed by atoms with Crippen LogP contribution < -0.4 is 5.32 Å². The molecule has 0 radical (unpaired) electrons. The largest absolute Gasteiger partial charge is 0.381 e. The number of hydrogen-bond donors (Lipinski definition) is 1. The van der Waals surface area contributed by atoms with Crippen LogP contribution in [0.4, 0.5) is 8.78 Å². The molecular formula is C16H23F2N3O. The van der Waals surface area contributed by atoms with E-state index in [0.717, 1.165) is 38.2 Å². The lowest BCUT2D eigenvalue weighted by molar-refractivity contribution is 0.181. The lowest BCUT2D eigenvalue weighted by Crippen LogP contribution is -2.42. The molecule has 6 heteroatoms. The molecule has 1 aromatic carbocycles. The predicted octanol–water partition coefficient (Wildman–Crippen LogP) is 2.05. The Hall–Kier alpha value is -1.69. The minimum absolute atomic E-state index is 0.529. The topological polar surface area (TPSA) is 36.9 Å². The Morgan fingerprint density at radius 3 is 2.68 bits per heavy atom. The van der Waals surface area contributed by atoms with Crippen molar-refractivity contribution >= 4 is 5.96 Å². The highest BCUT2D eigenvalue weighted by Crippen LogP contribution is 2.13. The van der Waals surface area contributed by atoms with E-state index in [1.807, 2.05) is 7.05 Å². The maximum atomic E-state index is 13.1. The normalized spacial score (nSPS) is 18.5. The van der Waals surface area contributed by atoms with Crippen LogP contribution in [-0.4, -0.2) is 51.3 Å². The molecule has 1 N–H and O–H groups in total. The van der Waals surface area contributed by atoms with Crippen molar-refractivity contribution in [1.29, 1.82) is 0 Å². The van der Waals surface area contributed by atoms with Crippen molar-refractivity contribution in [2.24, 2.45) is 10.9 Å². The van der Waals surface area contributed by atoms with Gasteiger partial charge in [0, 0.05) is 45.8 Å². The van der Waals surface area contributed by atoms with E-state index >= 15 is 0 Å². The molecule has 1 saturated heterocycles. The van der Waals surface area contributed by atoms with Gasteiger partial charge in [-0.15, -0.1) is 0 Å². The van der Waals surface area contributed by atoms with Gasteiger partial charge in [-0.25, -0.2) is 8.78 Å². The van der Waals surface area contributed by atoms with Gasteiger partial charge in [0.05, 0.1) is 6.61 Å². The number of nitrogens with zero attached hydrogens (tertiary/aromatic N) is 2. The molecule has 0 aromatic heterocycles. The van der Waals surface area contributed by atoms with Gasteiger partial charge >= 0.3 is 0 Å². The lowest BCUT2D eigenvalue weighted by atomic mass is 10.1. The Bertz CT molecular complexity index is 496. The van der Waals surface area contributed by atoms with Gasteiger partial charge in [-0.3, -0.25) is 4.99 Å². The van der Waals surface area contributed by atoms with Crippen molar-refractivity contribution in [3.05, 3.63) is 35.4 Å². The highest BCUT2D eigenvalue weighted by Gasteiger charge is 2.18. The second-order valence-corrected chi connectivity index (χ2v) is 5.61. The van der Waals surface area contributed by atoms with Gasteiger partial charge in [0.15, 0.2) is 5.96 Å². The molecule has 0 amide bonds. The van der Waals surface area contributed by atoms with Crippen LogP contribution in [-0.2, 0) is 11.2 Å². The highest BCUT2D eigenvalue weighted by atomic mass is 19.1. The number of hydrogen-bond acceptors (Lipinski definition) is 2. The molecule has 1 aliphatic heterocycles. The standard InChI is InChI=1S/C16H23F2N3O/c1-19-16(21(2)10-13-4-6-22-11-13)20-5-3-12-7-14(17)9-15(18)8-12/h7-9,13H,3-6,10-11H2,1-2H3,(H,19,20). The Labute approximate surface area is 130 Å². The molecule has 4 nitrogen and oxygen atoms in total. The maximum absolute atomic E-state index is 13.1. The van der Waals surface area contributed by atoms with Crippen molar-refractivity contribution in [2.75, 3.05) is 40.4 Å². The average Bonchev–Trinajstić information content (AvgIpc) is 2.95. The van der Waals surface area contributed by atoms with Crippen molar-refractivity contribution in [1.82, 2.24) is 10.2 Å². The van der Waals surface area contributed by atoms with Crippen molar-refractivity contribution in [3.63, 3.8) is 0 Å². The van der Waals surface area contributed by atoms with Crippen LogP contribution in [0.1, 0.15) is 12.0 Å². The summed E-state index contributed by atoms with van der Waals surface area (Å²) < 4.78 is 31.6. The van der Waals surface area contributed by atoms with Crippen LogP contribution in [0.3, 0.4) is 0 Å². The predicted molar refractivity (Wildman–Crippen MR) is 83.0 cm³/mol. The third kappa shape index (κ3) is 4.94. The van der Waals surface area contributed by atoms with Gasteiger partial charge in [-0.1, -0.05) is 0 Å². The number of nitrogens with one attached hydrogen (secondary N) is 1. The number of benzene rings is 1. The van der Waals surface area contributed by atoms with E-state index in [0.29, 0.717) is 24.4 Å². The van der Waals surface area contributed by atoms with E-state index in [1.54, 1.807) is 7.05 Å². The molecule has 0 saturated carbocycles. The van der Waals surface area contributed by atoms with Gasteiger partial charge in [-0.05, 0) is 30.5 Å². The smallest absolute Gasteiger partial charge is 0.193 e. The second kappa shape index (κ2) is 8.08. The monoisotopic (exact) mass is 311 g/mol. The first-order valence-corrected chi connectivity index (χ1v) is 7.53. The zero-order chi connectivity index (χ0) is 15.9. The minimum Gasteiger partial charge on any atom is -0.381 e. The zero-order valence-corrected chi connectivity index (χ0v) is 13.1. The third-order valence-electron chi connectivity index (χ3n) is 3.75. The fourth-order valence-electron chi connectivity index (χ4n) is 2.66. The van der Waals surface area contributed by atoms with E-state index in [4.69, 9.17) is 4.74 Å². The second-order valence-electron chi connectivity index (χ2n) is 5.61. The number of guanidine groups is 1. The summed E-state index contributed by atoms with van der Waals surface area (Å²) in [6.45, 7) is 3.08. The molecule has 1 fully saturated rings. The van der Waals surface area contributed by atoms with Crippen LogP contribution in [0.25, 0.3) is 0 Å². The average molecular weight is 311 g/mol. The molecule has 2 rings (SSSR count). The van der Waals surface area contributed by atoms with E-state index in [9.17, 15) is 8.78 Å². The molecule has 1 aromatic rings. The quantitative estimate of drug-likeness (QED) is 0.668. The van der Waals surface area contributed by atoms with E-state index < -0.39 is 11.6 Å². The summed E-state index contributed by atoms with van der Waals surface area (Å²) in [5.41, 5.74) is 0.632. The Kier molecular flexibility index (Phi) is 6.12. The molecule has 0 bridgehead atoms. The molecule has 1 unspecified atom stereocenters. The van der Waals surface area contributed by atoms with Crippen LogP contribution in [0.15, 0.2) is 23.2 Å². The van der Waals surface area contributed by atoms with E-state index in [1.165, 1.54) is 12.1 Å². The SMILES string of the molecule is CN=C(NCCc1cc(F)cc(F)c1)N(C)CC1CCOC1. The molecule has 1 aliphatic rings. The molecule has 1 atom stereocenters. The van der Waals surface area contributed by atoms with Gasteiger partial charge in [-0.2, -0.15) is 0 Å². The fourth-order valence-corrected chi connectivity index (χ4v) is 2.66. The summed E-state index contributed by atoms with van der Waals surface area (Å²) in [6, 6.07) is 3.59. The summed E-state index contributed by atoms with van der Waals surface area (Å²) in [5, 5.41) is 3.22. The van der Waals surface area contributed by atoms with Gasteiger partial charge in [0.2, 0.25) is 0 Å². The zero-order valence-electron chi connectivity index (χ0n) is 13.1. The van der Waals surface area contributed by atoms with Crippen LogP contribution in [0.5, 0.6) is 0 Å². The number of halogens is 2. The van der Waals surface area contributed by atoms with Gasteiger partial charge < -0.3 is 15.0 Å². The minimum atomic E-state index is -0.544. The summed E-state index contributed by atoms with van der Waals surface area (Å²) in [6.07, 6.45) is 1.61. The summed E-state index contributed by atoms with van der Waals surface area (Å²) in [7, 11) is 3.71. The molecule has 22 heavy (non-hydrogen) atoms. The van der Waals surface area contributed by atoms with Crippen molar-refractivity contribution < 1.29 is 13.5 Å². The summed E-state index contributed by atoms with van der Waals surface area (Å²) >= 11 is 0. The Morgan fingerprint density at radius 1 is 1.36 bits per heavy atom. The summed E-state index contributed by atoms with van der Waals surface area (Å²) in [5.74, 6) is 0.222. The highest BCUT2D eigenvalue weighted by molar-refractivity contribution is 5.79. The molecular weight excluding hydrogens is 288 g/mol. The first-order valence-electron chi connectivity index (χ1n) is 7.53. The summed E-state index contributed by atoms with van der Waals surface area (Å²) in [4.78, 5) is 6.30. The van der Waals surface area contributed by atoms with E-state index in [2.05, 4.69) is 15.2 Å². The first-order chi connectivity index (χ1) is 10.6. The molecule has 0 spiro atoms. The molecule has 0 aliphatic carbocycles. The van der Waals surface area contributed by atoms with Gasteiger partial charge in [0.25, 0.3) is 0 Å². The number of ether oxygens (including phenoxy) is 1. The fraction of sp³-hybridized carbons (Fsp3) is 0.562. The molecule has 1 heterocycles.